The molecule has 1 saturated heterocycles. The van der Waals surface area contributed by atoms with Crippen molar-refractivity contribution in [3.05, 3.63) is 17.5 Å². The van der Waals surface area contributed by atoms with Gasteiger partial charge < -0.3 is 5.32 Å². The van der Waals surface area contributed by atoms with Crippen LogP contribution in [0.25, 0.3) is 0 Å². The molecule has 4 nitrogen and oxygen atoms in total. The standard InChI is InChI=1S/C11H14ClN3OS/c12-10-11(14-4-3-13-10)15-9(16)7-8-1-5-17-6-2-8/h3-4,8H,1-2,5-7H2,(H,14,15,16). The van der Waals surface area contributed by atoms with Gasteiger partial charge in [-0.1, -0.05) is 11.6 Å². The predicted molar refractivity (Wildman–Crippen MR) is 70.3 cm³/mol. The third kappa shape index (κ3) is 3.85. The van der Waals surface area contributed by atoms with E-state index in [-0.39, 0.29) is 11.1 Å². The van der Waals surface area contributed by atoms with Gasteiger partial charge in [0, 0.05) is 18.8 Å². The largest absolute Gasteiger partial charge is 0.308 e. The third-order valence-electron chi connectivity index (χ3n) is 2.73. The van der Waals surface area contributed by atoms with Crippen LogP contribution in [0.5, 0.6) is 0 Å². The summed E-state index contributed by atoms with van der Waals surface area (Å²) in [6.45, 7) is 0. The van der Waals surface area contributed by atoms with Gasteiger partial charge in [0.25, 0.3) is 0 Å². The van der Waals surface area contributed by atoms with E-state index < -0.39 is 0 Å². The SMILES string of the molecule is O=C(CC1CCSCC1)Nc1nccnc1Cl. The van der Waals surface area contributed by atoms with Crippen LogP contribution in [0.4, 0.5) is 5.82 Å². The van der Waals surface area contributed by atoms with Gasteiger partial charge in [-0.15, -0.1) is 0 Å². The molecule has 6 heteroatoms. The van der Waals surface area contributed by atoms with Gasteiger partial charge in [-0.25, -0.2) is 9.97 Å². The first kappa shape index (κ1) is 12.6. The average molecular weight is 272 g/mol. The molecular weight excluding hydrogens is 258 g/mol. The minimum atomic E-state index is -0.0238. The number of aromatic nitrogens is 2. The lowest BCUT2D eigenvalue weighted by atomic mass is 9.98. The number of anilines is 1. The van der Waals surface area contributed by atoms with Gasteiger partial charge in [0.2, 0.25) is 5.91 Å². The van der Waals surface area contributed by atoms with Gasteiger partial charge in [-0.05, 0) is 30.3 Å². The van der Waals surface area contributed by atoms with E-state index in [4.69, 9.17) is 11.6 Å². The molecule has 1 aliphatic heterocycles. The van der Waals surface area contributed by atoms with Gasteiger partial charge in [-0.2, -0.15) is 11.8 Å². The van der Waals surface area contributed by atoms with E-state index in [2.05, 4.69) is 15.3 Å². The summed E-state index contributed by atoms with van der Waals surface area (Å²) in [4.78, 5) is 19.6. The summed E-state index contributed by atoms with van der Waals surface area (Å²) >= 11 is 7.78. The zero-order chi connectivity index (χ0) is 12.1. The molecule has 0 radical (unpaired) electrons. The highest BCUT2D eigenvalue weighted by atomic mass is 35.5. The molecule has 0 saturated carbocycles. The number of thioether (sulfide) groups is 1. The Morgan fingerprint density at radius 3 is 2.82 bits per heavy atom. The molecule has 0 aliphatic carbocycles. The molecule has 1 fully saturated rings. The minimum absolute atomic E-state index is 0.0238. The van der Waals surface area contributed by atoms with Gasteiger partial charge in [0.15, 0.2) is 11.0 Å². The number of nitrogens with one attached hydrogen (secondary N) is 1. The summed E-state index contributed by atoms with van der Waals surface area (Å²) in [5.41, 5.74) is 0. The van der Waals surface area contributed by atoms with Crippen LogP contribution in [0.1, 0.15) is 19.3 Å². The summed E-state index contributed by atoms with van der Waals surface area (Å²) in [6.07, 6.45) is 5.79. The van der Waals surface area contributed by atoms with E-state index in [1.807, 2.05) is 11.8 Å². The molecule has 0 atom stereocenters. The second-order valence-corrected chi connectivity index (χ2v) is 5.59. The summed E-state index contributed by atoms with van der Waals surface area (Å²) in [5.74, 6) is 3.13. The van der Waals surface area contributed by atoms with Crippen molar-refractivity contribution in [1.29, 1.82) is 0 Å². The van der Waals surface area contributed by atoms with Gasteiger partial charge in [0.1, 0.15) is 0 Å². The normalized spacial score (nSPS) is 16.8. The second kappa shape index (κ2) is 6.21. The van der Waals surface area contributed by atoms with E-state index in [9.17, 15) is 4.79 Å². The first-order valence-corrected chi connectivity index (χ1v) is 7.13. The Bertz CT molecular complexity index is 396. The molecule has 1 aromatic rings. The maximum absolute atomic E-state index is 11.8. The average Bonchev–Trinajstić information content (AvgIpc) is 2.33. The fourth-order valence-electron chi connectivity index (χ4n) is 1.80. The van der Waals surface area contributed by atoms with Crippen molar-refractivity contribution in [3.63, 3.8) is 0 Å². The highest BCUT2D eigenvalue weighted by Gasteiger charge is 2.18. The number of rotatable bonds is 3. The lowest BCUT2D eigenvalue weighted by Crippen LogP contribution is -2.20. The van der Waals surface area contributed by atoms with E-state index in [1.54, 1.807) is 0 Å². The summed E-state index contributed by atoms with van der Waals surface area (Å²) in [6, 6.07) is 0. The van der Waals surface area contributed by atoms with Crippen molar-refractivity contribution < 1.29 is 4.79 Å². The van der Waals surface area contributed by atoms with E-state index in [0.29, 0.717) is 18.2 Å². The minimum Gasteiger partial charge on any atom is -0.308 e. The van der Waals surface area contributed by atoms with Crippen LogP contribution >= 0.6 is 23.4 Å². The van der Waals surface area contributed by atoms with Crippen LogP contribution in [-0.4, -0.2) is 27.4 Å². The lowest BCUT2D eigenvalue weighted by Gasteiger charge is -2.20. The quantitative estimate of drug-likeness (QED) is 0.918. The molecule has 1 aliphatic rings. The Labute approximate surface area is 110 Å². The van der Waals surface area contributed by atoms with Gasteiger partial charge in [-0.3, -0.25) is 4.79 Å². The molecule has 17 heavy (non-hydrogen) atoms. The molecule has 2 heterocycles. The van der Waals surface area contributed by atoms with E-state index in [0.717, 1.165) is 24.3 Å². The highest BCUT2D eigenvalue weighted by Crippen LogP contribution is 2.25. The maximum atomic E-state index is 11.8. The van der Waals surface area contributed by atoms with Crippen molar-refractivity contribution in [1.82, 2.24) is 9.97 Å². The fourth-order valence-corrected chi connectivity index (χ4v) is 3.16. The monoisotopic (exact) mass is 271 g/mol. The number of amides is 1. The number of hydrogen-bond donors (Lipinski definition) is 1. The molecule has 92 valence electrons. The van der Waals surface area contributed by atoms with Crippen LogP contribution in [0.3, 0.4) is 0 Å². The van der Waals surface area contributed by atoms with E-state index in [1.165, 1.54) is 12.4 Å². The highest BCUT2D eigenvalue weighted by molar-refractivity contribution is 7.99. The van der Waals surface area contributed by atoms with Crippen LogP contribution in [-0.2, 0) is 4.79 Å². The molecule has 2 rings (SSSR count). The molecule has 0 spiro atoms. The Kier molecular flexibility index (Phi) is 4.62. The third-order valence-corrected chi connectivity index (χ3v) is 4.05. The first-order chi connectivity index (χ1) is 8.25. The van der Waals surface area contributed by atoms with Gasteiger partial charge >= 0.3 is 0 Å². The molecule has 1 N–H and O–H groups in total. The topological polar surface area (TPSA) is 54.9 Å². The molecule has 0 bridgehead atoms. The van der Waals surface area contributed by atoms with Crippen LogP contribution in [0.2, 0.25) is 5.15 Å². The van der Waals surface area contributed by atoms with Gasteiger partial charge in [0.05, 0.1) is 0 Å². The van der Waals surface area contributed by atoms with Crippen LogP contribution in [0, 0.1) is 5.92 Å². The Morgan fingerprint density at radius 2 is 2.12 bits per heavy atom. The zero-order valence-corrected chi connectivity index (χ0v) is 10.9. The summed E-state index contributed by atoms with van der Waals surface area (Å²) < 4.78 is 0. The maximum Gasteiger partial charge on any atom is 0.225 e. The Balaban J connectivity index is 1.86. The second-order valence-electron chi connectivity index (χ2n) is 4.00. The van der Waals surface area contributed by atoms with Crippen molar-refractivity contribution in [3.8, 4) is 0 Å². The molecule has 0 unspecified atom stereocenters. The lowest BCUT2D eigenvalue weighted by molar-refractivity contribution is -0.117. The number of halogens is 1. The van der Waals surface area contributed by atoms with Crippen molar-refractivity contribution in [2.24, 2.45) is 5.92 Å². The molecular formula is C11H14ClN3OS. The Morgan fingerprint density at radius 1 is 1.41 bits per heavy atom. The Hall–Kier alpha value is -0.810. The predicted octanol–water partition coefficient (Wildman–Crippen LogP) is 2.60. The smallest absolute Gasteiger partial charge is 0.225 e. The summed E-state index contributed by atoms with van der Waals surface area (Å²) in [7, 11) is 0. The number of carbonyl (C=O) groups excluding carboxylic acids is 1. The number of carbonyl (C=O) groups is 1. The number of hydrogen-bond acceptors (Lipinski definition) is 4. The van der Waals surface area contributed by atoms with Crippen molar-refractivity contribution in [2.45, 2.75) is 19.3 Å². The fraction of sp³-hybridized carbons (Fsp3) is 0.545. The van der Waals surface area contributed by atoms with Crippen LogP contribution in [0.15, 0.2) is 12.4 Å². The molecule has 1 amide bonds. The molecule has 0 aromatic carbocycles. The first-order valence-electron chi connectivity index (χ1n) is 5.60. The summed E-state index contributed by atoms with van der Waals surface area (Å²) in [5, 5.41) is 2.94. The van der Waals surface area contributed by atoms with Crippen molar-refractivity contribution >= 4 is 35.1 Å². The van der Waals surface area contributed by atoms with Crippen molar-refractivity contribution in [2.75, 3.05) is 16.8 Å². The van der Waals surface area contributed by atoms with E-state index >= 15 is 0 Å². The van der Waals surface area contributed by atoms with Crippen LogP contribution < -0.4 is 5.32 Å². The zero-order valence-electron chi connectivity index (χ0n) is 9.36. The number of nitrogens with zero attached hydrogens (tertiary/aromatic N) is 2. The molecule has 1 aromatic heterocycles.